The maximum Gasteiger partial charge on any atom is 0.404 e. The zero-order chi connectivity index (χ0) is 25.7. The molecule has 3 N–H and O–H groups in total. The fraction of sp³-hybridized carbons (Fsp3) is 0.444. The number of halogens is 1. The standard InChI is InChI=1S/C27H32ClN3O5/c1-16-12-17-6-4-3-5-7-21-22(25(32)29-15-23(17)26(30-16)35-2)13-18(28)14-24(21)36-20-10-8-19(9-11-20)31-27(33)34/h3,5,12-14,19-20,31H,4,6-11,15H2,1-2H3,(H,29,32)(H,33,34)/b5-3+/t19-,20-. The molecule has 2 aromatic rings. The van der Waals surface area contributed by atoms with Gasteiger partial charge in [-0.15, -0.1) is 0 Å². The summed E-state index contributed by atoms with van der Waals surface area (Å²) in [5.74, 6) is 0.878. The molecule has 1 saturated carbocycles. The summed E-state index contributed by atoms with van der Waals surface area (Å²) in [5, 5.41) is 15.0. The van der Waals surface area contributed by atoms with E-state index in [1.165, 1.54) is 0 Å². The third-order valence-corrected chi connectivity index (χ3v) is 6.93. The van der Waals surface area contributed by atoms with Crippen LogP contribution in [0.5, 0.6) is 11.6 Å². The Morgan fingerprint density at radius 2 is 1.94 bits per heavy atom. The zero-order valence-electron chi connectivity index (χ0n) is 20.6. The Balaban J connectivity index is 1.59. The van der Waals surface area contributed by atoms with Gasteiger partial charge in [0.25, 0.3) is 5.91 Å². The molecular weight excluding hydrogens is 482 g/mol. The van der Waals surface area contributed by atoms with E-state index in [4.69, 9.17) is 26.2 Å². The maximum absolute atomic E-state index is 13.4. The van der Waals surface area contributed by atoms with Crippen LogP contribution in [-0.2, 0) is 19.4 Å². The highest BCUT2D eigenvalue weighted by atomic mass is 35.5. The van der Waals surface area contributed by atoms with Crippen molar-refractivity contribution in [1.29, 1.82) is 0 Å². The molecule has 1 fully saturated rings. The molecule has 0 spiro atoms. The van der Waals surface area contributed by atoms with Crippen molar-refractivity contribution in [3.8, 4) is 11.6 Å². The van der Waals surface area contributed by atoms with Crippen LogP contribution in [0.3, 0.4) is 0 Å². The number of allylic oxidation sites excluding steroid dienone is 2. The first kappa shape index (κ1) is 25.8. The van der Waals surface area contributed by atoms with E-state index in [0.29, 0.717) is 41.5 Å². The van der Waals surface area contributed by atoms with E-state index in [0.717, 1.165) is 48.1 Å². The van der Waals surface area contributed by atoms with E-state index in [9.17, 15) is 9.59 Å². The van der Waals surface area contributed by atoms with E-state index < -0.39 is 6.09 Å². The van der Waals surface area contributed by atoms with Gasteiger partial charge >= 0.3 is 6.09 Å². The molecule has 8 nitrogen and oxygen atoms in total. The van der Waals surface area contributed by atoms with Crippen LogP contribution in [0.1, 0.15) is 64.8 Å². The first-order chi connectivity index (χ1) is 17.3. The Morgan fingerprint density at radius 3 is 2.67 bits per heavy atom. The van der Waals surface area contributed by atoms with Crippen molar-refractivity contribution in [2.45, 2.75) is 70.6 Å². The number of rotatable bonds is 4. The van der Waals surface area contributed by atoms with Crippen LogP contribution >= 0.6 is 11.6 Å². The van der Waals surface area contributed by atoms with Gasteiger partial charge < -0.3 is 25.2 Å². The molecule has 4 rings (SSSR count). The van der Waals surface area contributed by atoms with E-state index in [1.54, 1.807) is 19.2 Å². The third kappa shape index (κ3) is 6.29. The first-order valence-electron chi connectivity index (χ1n) is 12.3. The van der Waals surface area contributed by atoms with Crippen LogP contribution < -0.4 is 20.1 Å². The van der Waals surface area contributed by atoms with Gasteiger partial charge in [0.1, 0.15) is 5.75 Å². The molecular formula is C27H32ClN3O5. The number of carbonyl (C=O) groups is 2. The van der Waals surface area contributed by atoms with Crippen molar-refractivity contribution in [3.05, 3.63) is 63.3 Å². The van der Waals surface area contributed by atoms with Crippen LogP contribution in [0.15, 0.2) is 30.4 Å². The molecule has 36 heavy (non-hydrogen) atoms. The average Bonchev–Trinajstić information content (AvgIpc) is 2.83. The van der Waals surface area contributed by atoms with Gasteiger partial charge in [-0.05, 0) is 75.6 Å². The number of fused-ring (bicyclic) bond motifs is 2. The molecule has 2 amide bonds. The van der Waals surface area contributed by atoms with Gasteiger partial charge in [0.05, 0.1) is 13.2 Å². The van der Waals surface area contributed by atoms with Crippen molar-refractivity contribution in [2.75, 3.05) is 7.11 Å². The van der Waals surface area contributed by atoms with E-state index in [2.05, 4.69) is 27.8 Å². The van der Waals surface area contributed by atoms with Crippen molar-refractivity contribution in [2.24, 2.45) is 0 Å². The lowest BCUT2D eigenvalue weighted by Crippen LogP contribution is -2.39. The highest BCUT2D eigenvalue weighted by Gasteiger charge is 2.26. The fourth-order valence-electron chi connectivity index (χ4n) is 4.95. The third-order valence-electron chi connectivity index (χ3n) is 6.71. The Labute approximate surface area is 216 Å². The molecule has 2 aliphatic rings. The van der Waals surface area contributed by atoms with Crippen molar-refractivity contribution < 1.29 is 24.2 Å². The lowest BCUT2D eigenvalue weighted by atomic mass is 9.92. The van der Waals surface area contributed by atoms with Gasteiger partial charge in [0, 0.05) is 40.0 Å². The van der Waals surface area contributed by atoms with Crippen LogP contribution in [0, 0.1) is 6.92 Å². The second-order valence-corrected chi connectivity index (χ2v) is 9.71. The molecule has 1 aromatic carbocycles. The number of benzene rings is 1. The number of aromatic nitrogens is 1. The molecule has 1 aliphatic heterocycles. The molecule has 192 valence electrons. The highest BCUT2D eigenvalue weighted by molar-refractivity contribution is 6.31. The Kier molecular flexibility index (Phi) is 8.36. The molecule has 0 atom stereocenters. The minimum atomic E-state index is -1.00. The molecule has 0 unspecified atom stereocenters. The monoisotopic (exact) mass is 513 g/mol. The molecule has 0 radical (unpaired) electrons. The molecule has 2 heterocycles. The minimum Gasteiger partial charge on any atom is -0.490 e. The number of hydrogen-bond donors (Lipinski definition) is 3. The number of methoxy groups -OCH3 is 1. The van der Waals surface area contributed by atoms with Crippen LogP contribution in [0.2, 0.25) is 5.02 Å². The first-order valence-corrected chi connectivity index (χ1v) is 12.7. The van der Waals surface area contributed by atoms with Gasteiger partial charge in [-0.2, -0.15) is 0 Å². The summed E-state index contributed by atoms with van der Waals surface area (Å²) in [5.41, 5.74) is 4.11. The van der Waals surface area contributed by atoms with Crippen molar-refractivity contribution in [1.82, 2.24) is 15.6 Å². The summed E-state index contributed by atoms with van der Waals surface area (Å²) < 4.78 is 11.9. The predicted molar refractivity (Wildman–Crippen MR) is 137 cm³/mol. The summed E-state index contributed by atoms with van der Waals surface area (Å²) in [6, 6.07) is 5.42. The maximum atomic E-state index is 13.4. The molecule has 0 bridgehead atoms. The Morgan fingerprint density at radius 1 is 1.17 bits per heavy atom. The Hall–Kier alpha value is -3.26. The van der Waals surface area contributed by atoms with E-state index in [-0.39, 0.29) is 24.6 Å². The normalized spacial score (nSPS) is 21.0. The number of amides is 2. The van der Waals surface area contributed by atoms with Gasteiger partial charge in [0.2, 0.25) is 5.88 Å². The second-order valence-electron chi connectivity index (χ2n) is 9.28. The fourth-order valence-corrected chi connectivity index (χ4v) is 5.16. The predicted octanol–water partition coefficient (Wildman–Crippen LogP) is 4.98. The highest BCUT2D eigenvalue weighted by Crippen LogP contribution is 2.33. The summed E-state index contributed by atoms with van der Waals surface area (Å²) in [6.07, 6.45) is 8.15. The summed E-state index contributed by atoms with van der Waals surface area (Å²) >= 11 is 6.43. The number of nitrogens with zero attached hydrogens (tertiary/aromatic N) is 1. The van der Waals surface area contributed by atoms with Crippen LogP contribution in [-0.4, -0.2) is 41.3 Å². The van der Waals surface area contributed by atoms with Crippen LogP contribution in [0.25, 0.3) is 0 Å². The lowest BCUT2D eigenvalue weighted by molar-refractivity contribution is 0.0947. The largest absolute Gasteiger partial charge is 0.490 e. The average molecular weight is 514 g/mol. The van der Waals surface area contributed by atoms with Gasteiger partial charge in [-0.3, -0.25) is 4.79 Å². The topological polar surface area (TPSA) is 110 Å². The van der Waals surface area contributed by atoms with Crippen molar-refractivity contribution >= 4 is 23.6 Å². The molecule has 0 saturated heterocycles. The number of hydrogen-bond acceptors (Lipinski definition) is 5. The SMILES string of the molecule is COc1nc(C)cc2c1CNC(=O)c1cc(Cl)cc(O[C@H]3CC[C@H](NC(=O)O)CC3)c1C/C=C/CC2. The number of ether oxygens (including phenoxy) is 2. The smallest absolute Gasteiger partial charge is 0.404 e. The number of carbonyl (C=O) groups excluding carboxylic acids is 1. The molecule has 1 aliphatic carbocycles. The number of nitrogens with one attached hydrogen (secondary N) is 2. The summed E-state index contributed by atoms with van der Waals surface area (Å²) in [7, 11) is 1.59. The summed E-state index contributed by atoms with van der Waals surface area (Å²) in [6.45, 7) is 2.22. The minimum absolute atomic E-state index is 0.0610. The van der Waals surface area contributed by atoms with E-state index >= 15 is 0 Å². The number of pyridine rings is 1. The molecule has 1 aromatic heterocycles. The zero-order valence-corrected chi connectivity index (χ0v) is 21.4. The second kappa shape index (κ2) is 11.6. The lowest BCUT2D eigenvalue weighted by Gasteiger charge is -2.29. The number of carboxylic acid groups (broad SMARTS) is 1. The van der Waals surface area contributed by atoms with Gasteiger partial charge in [-0.1, -0.05) is 23.8 Å². The van der Waals surface area contributed by atoms with Crippen LogP contribution in [0.4, 0.5) is 4.79 Å². The van der Waals surface area contributed by atoms with Crippen molar-refractivity contribution in [3.63, 3.8) is 0 Å². The van der Waals surface area contributed by atoms with Gasteiger partial charge in [-0.25, -0.2) is 9.78 Å². The van der Waals surface area contributed by atoms with E-state index in [1.807, 2.05) is 13.0 Å². The quantitative estimate of drug-likeness (QED) is 0.497. The number of aryl methyl sites for hydroxylation is 2. The molecule has 9 heteroatoms. The summed E-state index contributed by atoms with van der Waals surface area (Å²) in [4.78, 5) is 28.8. The van der Waals surface area contributed by atoms with Gasteiger partial charge in [0.15, 0.2) is 0 Å². The Bertz CT molecular complexity index is 1160.